The Morgan fingerprint density at radius 2 is 2.19 bits per heavy atom. The lowest BCUT2D eigenvalue weighted by molar-refractivity contribution is -0.119. The zero-order valence-corrected chi connectivity index (χ0v) is 8.73. The molecule has 0 saturated carbocycles. The van der Waals surface area contributed by atoms with Gasteiger partial charge in [-0.2, -0.15) is 0 Å². The number of carbonyl (C=O) groups excluding carboxylic acids is 1. The Balaban J connectivity index is 2.07. The first kappa shape index (κ1) is 9.15. The van der Waals surface area contributed by atoms with E-state index in [1.807, 2.05) is 30.3 Å². The van der Waals surface area contributed by atoms with Crippen LogP contribution in [0.2, 0.25) is 0 Å². The maximum atomic E-state index is 11.3. The van der Waals surface area contributed by atoms with E-state index >= 15 is 0 Å². The Labute approximate surface area is 92.0 Å². The van der Waals surface area contributed by atoms with Gasteiger partial charge in [-0.15, -0.1) is 0 Å². The summed E-state index contributed by atoms with van der Waals surface area (Å²) in [7, 11) is 0. The standard InChI is InChI=1S/C12H10N2O2/c1-7-12(15)14-11(13-7)10-6-8-4-2-3-5-9(8)16-10/h2-7H,1H3,(H,13,14,15). The zero-order valence-electron chi connectivity index (χ0n) is 8.73. The molecule has 16 heavy (non-hydrogen) atoms. The van der Waals surface area contributed by atoms with Gasteiger partial charge in [-0.25, -0.2) is 0 Å². The predicted molar refractivity (Wildman–Crippen MR) is 60.4 cm³/mol. The van der Waals surface area contributed by atoms with Gasteiger partial charge in [0.1, 0.15) is 11.6 Å². The molecule has 0 fully saturated rings. The summed E-state index contributed by atoms with van der Waals surface area (Å²) >= 11 is 0. The lowest BCUT2D eigenvalue weighted by Gasteiger charge is -1.94. The van der Waals surface area contributed by atoms with Crippen LogP contribution in [0.5, 0.6) is 0 Å². The summed E-state index contributed by atoms with van der Waals surface area (Å²) in [6, 6.07) is 9.25. The Bertz CT molecular complexity index is 565. The maximum Gasteiger partial charge on any atom is 0.250 e. The second kappa shape index (κ2) is 3.20. The smallest absolute Gasteiger partial charge is 0.250 e. The Kier molecular flexibility index (Phi) is 1.83. The molecule has 0 saturated heterocycles. The number of benzene rings is 1. The molecule has 2 aromatic rings. The van der Waals surface area contributed by atoms with E-state index in [1.54, 1.807) is 6.92 Å². The van der Waals surface area contributed by atoms with Crippen molar-refractivity contribution in [1.82, 2.24) is 5.32 Å². The third-order valence-corrected chi connectivity index (χ3v) is 2.60. The van der Waals surface area contributed by atoms with Crippen molar-refractivity contribution >= 4 is 22.7 Å². The number of aliphatic imine (C=N–C) groups is 1. The van der Waals surface area contributed by atoms with Crippen LogP contribution in [0.1, 0.15) is 12.7 Å². The number of fused-ring (bicyclic) bond motifs is 1. The van der Waals surface area contributed by atoms with Crippen LogP contribution in [0, 0.1) is 0 Å². The SMILES string of the molecule is CC1N=C(c2cc3ccccc3o2)NC1=O. The molecule has 1 aromatic carbocycles. The van der Waals surface area contributed by atoms with Gasteiger partial charge in [0.25, 0.3) is 0 Å². The van der Waals surface area contributed by atoms with Crippen molar-refractivity contribution in [3.05, 3.63) is 36.1 Å². The number of amides is 1. The molecule has 1 atom stereocenters. The number of para-hydroxylation sites is 1. The topological polar surface area (TPSA) is 54.6 Å². The molecular formula is C12H10N2O2. The van der Waals surface area contributed by atoms with Crippen LogP contribution >= 0.6 is 0 Å². The molecule has 80 valence electrons. The first-order valence-corrected chi connectivity index (χ1v) is 5.11. The van der Waals surface area contributed by atoms with Gasteiger partial charge < -0.3 is 9.73 Å². The summed E-state index contributed by atoms with van der Waals surface area (Å²) in [5.41, 5.74) is 0.800. The Hall–Kier alpha value is -2.10. The van der Waals surface area contributed by atoms with Crippen LogP contribution in [-0.2, 0) is 4.79 Å². The first-order valence-electron chi connectivity index (χ1n) is 5.11. The van der Waals surface area contributed by atoms with Crippen LogP contribution in [0.3, 0.4) is 0 Å². The highest BCUT2D eigenvalue weighted by Crippen LogP contribution is 2.20. The summed E-state index contributed by atoms with van der Waals surface area (Å²) in [4.78, 5) is 15.5. The first-order chi connectivity index (χ1) is 7.74. The van der Waals surface area contributed by atoms with Gasteiger partial charge in [-0.3, -0.25) is 9.79 Å². The van der Waals surface area contributed by atoms with E-state index in [2.05, 4.69) is 10.3 Å². The molecule has 1 aliphatic heterocycles. The van der Waals surface area contributed by atoms with Crippen LogP contribution in [0.15, 0.2) is 39.7 Å². The van der Waals surface area contributed by atoms with E-state index in [1.165, 1.54) is 0 Å². The minimum absolute atomic E-state index is 0.0875. The number of furan rings is 1. The van der Waals surface area contributed by atoms with E-state index < -0.39 is 0 Å². The van der Waals surface area contributed by atoms with Crippen LogP contribution < -0.4 is 5.32 Å². The van der Waals surface area contributed by atoms with E-state index in [0.717, 1.165) is 11.0 Å². The van der Waals surface area contributed by atoms with Crippen molar-refractivity contribution in [3.8, 4) is 0 Å². The molecule has 0 spiro atoms. The largest absolute Gasteiger partial charge is 0.453 e. The Morgan fingerprint density at radius 3 is 2.88 bits per heavy atom. The second-order valence-electron chi connectivity index (χ2n) is 3.79. The van der Waals surface area contributed by atoms with Crippen LogP contribution in [0.4, 0.5) is 0 Å². The molecule has 0 radical (unpaired) electrons. The Morgan fingerprint density at radius 1 is 1.38 bits per heavy atom. The van der Waals surface area contributed by atoms with E-state index in [9.17, 15) is 4.79 Å². The summed E-state index contributed by atoms with van der Waals surface area (Å²) in [5.74, 6) is 1.04. The molecular weight excluding hydrogens is 204 g/mol. The molecule has 1 N–H and O–H groups in total. The number of nitrogens with zero attached hydrogens (tertiary/aromatic N) is 1. The molecule has 0 aliphatic carbocycles. The van der Waals surface area contributed by atoms with E-state index in [-0.39, 0.29) is 11.9 Å². The lowest BCUT2D eigenvalue weighted by atomic mass is 10.2. The molecule has 1 aliphatic rings. The van der Waals surface area contributed by atoms with E-state index in [4.69, 9.17) is 4.42 Å². The van der Waals surface area contributed by atoms with Crippen molar-refractivity contribution in [1.29, 1.82) is 0 Å². The lowest BCUT2D eigenvalue weighted by Crippen LogP contribution is -2.27. The average molecular weight is 214 g/mol. The fourth-order valence-corrected chi connectivity index (χ4v) is 1.73. The minimum Gasteiger partial charge on any atom is -0.453 e. The summed E-state index contributed by atoms with van der Waals surface area (Å²) in [6.07, 6.45) is 0. The number of amidine groups is 1. The fraction of sp³-hybridized carbons (Fsp3) is 0.167. The average Bonchev–Trinajstić information content (AvgIpc) is 2.83. The number of rotatable bonds is 1. The number of carbonyl (C=O) groups is 1. The van der Waals surface area contributed by atoms with Gasteiger partial charge in [0.2, 0.25) is 5.91 Å². The predicted octanol–water partition coefficient (Wildman–Crippen LogP) is 1.70. The molecule has 3 rings (SSSR count). The highest BCUT2D eigenvalue weighted by atomic mass is 16.3. The third kappa shape index (κ3) is 1.31. The van der Waals surface area contributed by atoms with Gasteiger partial charge in [-0.1, -0.05) is 18.2 Å². The van der Waals surface area contributed by atoms with E-state index in [0.29, 0.717) is 11.6 Å². The summed E-state index contributed by atoms with van der Waals surface area (Å²) < 4.78 is 5.60. The normalized spacial score (nSPS) is 19.9. The van der Waals surface area contributed by atoms with Crippen molar-refractivity contribution in [2.75, 3.05) is 0 Å². The minimum atomic E-state index is -0.330. The highest BCUT2D eigenvalue weighted by Gasteiger charge is 2.24. The third-order valence-electron chi connectivity index (χ3n) is 2.60. The zero-order chi connectivity index (χ0) is 11.1. The molecule has 4 heteroatoms. The highest BCUT2D eigenvalue weighted by molar-refractivity contribution is 6.13. The van der Waals surface area contributed by atoms with Crippen molar-refractivity contribution < 1.29 is 9.21 Å². The summed E-state index contributed by atoms with van der Waals surface area (Å²) in [5, 5.41) is 3.71. The van der Waals surface area contributed by atoms with Gasteiger partial charge >= 0.3 is 0 Å². The van der Waals surface area contributed by atoms with Crippen molar-refractivity contribution in [2.24, 2.45) is 4.99 Å². The molecule has 1 aromatic heterocycles. The molecule has 4 nitrogen and oxygen atoms in total. The fourth-order valence-electron chi connectivity index (χ4n) is 1.73. The summed E-state index contributed by atoms with van der Waals surface area (Å²) in [6.45, 7) is 1.75. The maximum absolute atomic E-state index is 11.3. The second-order valence-corrected chi connectivity index (χ2v) is 3.79. The molecule has 2 heterocycles. The molecule has 0 bridgehead atoms. The van der Waals surface area contributed by atoms with Gasteiger partial charge in [0.15, 0.2) is 11.6 Å². The van der Waals surface area contributed by atoms with Crippen molar-refractivity contribution in [3.63, 3.8) is 0 Å². The number of hydrogen-bond donors (Lipinski definition) is 1. The quantitative estimate of drug-likeness (QED) is 0.785. The van der Waals surface area contributed by atoms with Gasteiger partial charge in [0.05, 0.1) is 0 Å². The number of nitrogens with one attached hydrogen (secondary N) is 1. The van der Waals surface area contributed by atoms with Gasteiger partial charge in [-0.05, 0) is 19.1 Å². The van der Waals surface area contributed by atoms with Crippen LogP contribution in [0.25, 0.3) is 11.0 Å². The number of hydrogen-bond acceptors (Lipinski definition) is 3. The van der Waals surface area contributed by atoms with Crippen LogP contribution in [-0.4, -0.2) is 17.8 Å². The van der Waals surface area contributed by atoms with Gasteiger partial charge in [0, 0.05) is 5.39 Å². The van der Waals surface area contributed by atoms with Crippen molar-refractivity contribution in [2.45, 2.75) is 13.0 Å². The monoisotopic (exact) mass is 214 g/mol. The molecule has 1 amide bonds. The molecule has 1 unspecified atom stereocenters.